The van der Waals surface area contributed by atoms with E-state index in [1.807, 2.05) is 6.92 Å². The minimum absolute atomic E-state index is 0.0683. The van der Waals surface area contributed by atoms with E-state index < -0.39 is 16.4 Å². The van der Waals surface area contributed by atoms with Gasteiger partial charge in [-0.3, -0.25) is 4.98 Å². The first-order valence-corrected chi connectivity index (χ1v) is 13.2. The Morgan fingerprint density at radius 3 is 1.95 bits per heavy atom. The normalized spacial score (nSPS) is 11.9. The lowest BCUT2D eigenvalue weighted by molar-refractivity contribution is -0.274. The first-order chi connectivity index (χ1) is 18.1. The zero-order valence-corrected chi connectivity index (χ0v) is 21.2. The highest BCUT2D eigenvalue weighted by Gasteiger charge is 2.31. The summed E-state index contributed by atoms with van der Waals surface area (Å²) in [7, 11) is -3.88. The number of halogens is 3. The monoisotopic (exact) mass is 542 g/mol. The van der Waals surface area contributed by atoms with Gasteiger partial charge in [-0.25, -0.2) is 8.42 Å². The van der Waals surface area contributed by atoms with Crippen molar-refractivity contribution in [1.82, 2.24) is 9.29 Å². The molecule has 0 radical (unpaired) electrons. The molecule has 1 aromatic heterocycles. The van der Waals surface area contributed by atoms with Crippen LogP contribution < -0.4 is 9.47 Å². The van der Waals surface area contributed by atoms with E-state index in [4.69, 9.17) is 4.74 Å². The summed E-state index contributed by atoms with van der Waals surface area (Å²) in [6.45, 7) is 2.48. The Kier molecular flexibility index (Phi) is 8.33. The third-order valence-corrected chi connectivity index (χ3v) is 7.38. The lowest BCUT2D eigenvalue weighted by Crippen LogP contribution is -2.30. The summed E-state index contributed by atoms with van der Waals surface area (Å²) in [4.78, 5) is 4.42. The van der Waals surface area contributed by atoms with Crippen LogP contribution in [0.4, 0.5) is 13.2 Å². The molecule has 0 amide bonds. The van der Waals surface area contributed by atoms with Gasteiger partial charge in [0.2, 0.25) is 10.0 Å². The van der Waals surface area contributed by atoms with Crippen LogP contribution in [0.15, 0.2) is 102 Å². The van der Waals surface area contributed by atoms with Gasteiger partial charge >= 0.3 is 6.36 Å². The van der Waals surface area contributed by atoms with Gasteiger partial charge in [-0.05, 0) is 72.1 Å². The smallest absolute Gasteiger partial charge is 0.494 e. The lowest BCUT2D eigenvalue weighted by Gasteiger charge is -2.22. The molecule has 38 heavy (non-hydrogen) atoms. The van der Waals surface area contributed by atoms with E-state index in [1.54, 1.807) is 60.8 Å². The quantitative estimate of drug-likeness (QED) is 0.231. The van der Waals surface area contributed by atoms with Crippen LogP contribution in [0, 0.1) is 0 Å². The molecule has 0 aliphatic heterocycles. The largest absolute Gasteiger partial charge is 0.573 e. The van der Waals surface area contributed by atoms with E-state index in [0.29, 0.717) is 23.6 Å². The first-order valence-electron chi connectivity index (χ1n) is 11.7. The van der Waals surface area contributed by atoms with Crippen LogP contribution in [-0.4, -0.2) is 30.7 Å². The molecule has 0 aliphatic carbocycles. The predicted octanol–water partition coefficient (Wildman–Crippen LogP) is 6.44. The van der Waals surface area contributed by atoms with Crippen molar-refractivity contribution < 1.29 is 31.1 Å². The fourth-order valence-corrected chi connectivity index (χ4v) is 5.18. The van der Waals surface area contributed by atoms with Gasteiger partial charge in [0.1, 0.15) is 11.5 Å². The molecular formula is C28H25F3N2O4S. The maximum atomic E-state index is 13.6. The van der Waals surface area contributed by atoms with E-state index in [-0.39, 0.29) is 23.7 Å². The molecule has 0 bridgehead atoms. The number of hydrogen-bond donors (Lipinski definition) is 0. The van der Waals surface area contributed by atoms with Crippen LogP contribution in [0.25, 0.3) is 11.1 Å². The Morgan fingerprint density at radius 1 is 0.789 bits per heavy atom. The first kappa shape index (κ1) is 27.2. The third-order valence-electron chi connectivity index (χ3n) is 5.57. The van der Waals surface area contributed by atoms with E-state index in [2.05, 4.69) is 9.72 Å². The summed E-state index contributed by atoms with van der Waals surface area (Å²) in [5.41, 5.74) is 2.78. The van der Waals surface area contributed by atoms with Crippen molar-refractivity contribution in [2.24, 2.45) is 0 Å². The molecule has 198 valence electrons. The standard InChI is InChI=1S/C28H25F3N2O4S/c1-2-36-25-14-16-27(17-15-25)38(34,35)33(20-24-5-3-4-18-32-24)19-21-6-8-22(9-7-21)23-10-12-26(13-11-23)37-28(29,30)31/h3-18H,2,19-20H2,1H3. The molecule has 0 aliphatic rings. The molecule has 3 aromatic carbocycles. The summed E-state index contributed by atoms with van der Waals surface area (Å²) in [6.07, 6.45) is -3.15. The maximum absolute atomic E-state index is 13.6. The van der Waals surface area contributed by atoms with Gasteiger partial charge < -0.3 is 9.47 Å². The van der Waals surface area contributed by atoms with Crippen LogP contribution in [0.5, 0.6) is 11.5 Å². The summed E-state index contributed by atoms with van der Waals surface area (Å²) in [5, 5.41) is 0. The lowest BCUT2D eigenvalue weighted by atomic mass is 10.0. The summed E-state index contributed by atoms with van der Waals surface area (Å²) >= 11 is 0. The number of pyridine rings is 1. The molecule has 0 N–H and O–H groups in total. The van der Waals surface area contributed by atoms with Crippen molar-refractivity contribution in [1.29, 1.82) is 0 Å². The average molecular weight is 543 g/mol. The van der Waals surface area contributed by atoms with Crippen LogP contribution in [0.1, 0.15) is 18.2 Å². The Hall–Kier alpha value is -3.89. The zero-order chi connectivity index (χ0) is 27.2. The number of nitrogens with zero attached hydrogens (tertiary/aromatic N) is 2. The van der Waals surface area contributed by atoms with Gasteiger partial charge in [-0.15, -0.1) is 13.2 Å². The second kappa shape index (κ2) is 11.7. The number of alkyl halides is 3. The summed E-state index contributed by atoms with van der Waals surface area (Å²) in [6, 6.07) is 24.3. The average Bonchev–Trinajstić information content (AvgIpc) is 2.89. The van der Waals surface area contributed by atoms with Gasteiger partial charge in [0, 0.05) is 12.7 Å². The maximum Gasteiger partial charge on any atom is 0.573 e. The molecule has 0 unspecified atom stereocenters. The molecule has 1 heterocycles. The van der Waals surface area contributed by atoms with Gasteiger partial charge in [-0.2, -0.15) is 4.31 Å². The molecule has 0 atom stereocenters. The van der Waals surface area contributed by atoms with Crippen molar-refractivity contribution in [3.63, 3.8) is 0 Å². The van der Waals surface area contributed by atoms with E-state index in [9.17, 15) is 21.6 Å². The molecule has 4 rings (SSSR count). The molecule has 0 saturated carbocycles. The Bertz CT molecular complexity index is 1430. The molecule has 6 nitrogen and oxygen atoms in total. The second-order valence-electron chi connectivity index (χ2n) is 8.27. The Morgan fingerprint density at radius 2 is 1.39 bits per heavy atom. The van der Waals surface area contributed by atoms with Crippen LogP contribution in [-0.2, 0) is 23.1 Å². The third kappa shape index (κ3) is 7.11. The predicted molar refractivity (Wildman–Crippen MR) is 137 cm³/mol. The van der Waals surface area contributed by atoms with Crippen molar-refractivity contribution in [2.75, 3.05) is 6.61 Å². The minimum Gasteiger partial charge on any atom is -0.494 e. The van der Waals surface area contributed by atoms with Crippen LogP contribution in [0.3, 0.4) is 0 Å². The molecule has 10 heteroatoms. The van der Waals surface area contributed by atoms with Crippen LogP contribution in [0.2, 0.25) is 0 Å². The van der Waals surface area contributed by atoms with E-state index in [0.717, 1.165) is 11.1 Å². The van der Waals surface area contributed by atoms with E-state index >= 15 is 0 Å². The van der Waals surface area contributed by atoms with Crippen molar-refractivity contribution in [2.45, 2.75) is 31.3 Å². The van der Waals surface area contributed by atoms with E-state index in [1.165, 1.54) is 40.7 Å². The Balaban J connectivity index is 1.56. The van der Waals surface area contributed by atoms with Crippen molar-refractivity contribution in [3.05, 3.63) is 108 Å². The number of rotatable bonds is 10. The molecule has 4 aromatic rings. The van der Waals surface area contributed by atoms with Gasteiger partial charge in [0.15, 0.2) is 0 Å². The van der Waals surface area contributed by atoms with Crippen molar-refractivity contribution in [3.8, 4) is 22.6 Å². The fraction of sp³-hybridized carbons (Fsp3) is 0.179. The fourth-order valence-electron chi connectivity index (χ4n) is 3.78. The number of ether oxygens (including phenoxy) is 2. The summed E-state index contributed by atoms with van der Waals surface area (Å²) < 4.78 is 75.1. The number of hydrogen-bond acceptors (Lipinski definition) is 5. The van der Waals surface area contributed by atoms with Gasteiger partial charge in [0.05, 0.1) is 23.7 Å². The van der Waals surface area contributed by atoms with Crippen LogP contribution >= 0.6 is 0 Å². The SMILES string of the molecule is CCOc1ccc(S(=O)(=O)N(Cc2ccc(-c3ccc(OC(F)(F)F)cc3)cc2)Cc2ccccn2)cc1. The highest BCUT2D eigenvalue weighted by atomic mass is 32.2. The van der Waals surface area contributed by atoms with Crippen molar-refractivity contribution >= 4 is 10.0 Å². The molecule has 0 spiro atoms. The van der Waals surface area contributed by atoms with Gasteiger partial charge in [-0.1, -0.05) is 42.5 Å². The topological polar surface area (TPSA) is 68.7 Å². The minimum atomic E-state index is -4.75. The molecule has 0 saturated heterocycles. The highest BCUT2D eigenvalue weighted by molar-refractivity contribution is 7.89. The zero-order valence-electron chi connectivity index (χ0n) is 20.4. The summed E-state index contributed by atoms with van der Waals surface area (Å²) in [5.74, 6) is 0.277. The number of sulfonamides is 1. The molecular weight excluding hydrogens is 517 g/mol. The molecule has 0 fully saturated rings. The second-order valence-corrected chi connectivity index (χ2v) is 10.2. The van der Waals surface area contributed by atoms with Gasteiger partial charge in [0.25, 0.3) is 0 Å². The number of aromatic nitrogens is 1. The Labute approximate surface area is 219 Å². The number of benzene rings is 3. The highest BCUT2D eigenvalue weighted by Crippen LogP contribution is 2.28.